The lowest BCUT2D eigenvalue weighted by Gasteiger charge is -2.44. The molecule has 2 unspecified atom stereocenters. The van der Waals surface area contributed by atoms with Gasteiger partial charge in [-0.25, -0.2) is 0 Å². The van der Waals surface area contributed by atoms with Crippen molar-refractivity contribution < 1.29 is 14.3 Å². The molecule has 0 spiro atoms. The van der Waals surface area contributed by atoms with Gasteiger partial charge in [-0.3, -0.25) is 9.59 Å². The average Bonchev–Trinajstić information content (AvgIpc) is 2.95. The standard InChI is InChI=1S/C32H34N2O3S/c1-22-9-3-4-11-26(22)21-34-27-12-6-8-14-29(27)38-30(32(34)36)19-23-15-17-24(18-16-23)31(35)33-20-25-10-5-7-13-28(25)37-2/h3-5,7,9-11,13,15-19,27,29H,6,8,12,14,20-21H2,1-2H3,(H,33,35)/b30-19+. The van der Waals surface area contributed by atoms with Gasteiger partial charge in [0.1, 0.15) is 5.75 Å². The van der Waals surface area contributed by atoms with Crippen molar-refractivity contribution in [2.75, 3.05) is 7.11 Å². The first-order valence-corrected chi connectivity index (χ1v) is 14.2. The summed E-state index contributed by atoms with van der Waals surface area (Å²) in [6.45, 7) is 3.15. The maximum absolute atomic E-state index is 13.7. The van der Waals surface area contributed by atoms with Gasteiger partial charge in [-0.2, -0.15) is 0 Å². The molecule has 2 atom stereocenters. The van der Waals surface area contributed by atoms with Crippen LogP contribution in [0, 0.1) is 6.92 Å². The number of fused-ring (bicyclic) bond motifs is 1. The van der Waals surface area contributed by atoms with Crippen LogP contribution in [0.2, 0.25) is 0 Å². The molecule has 3 aromatic rings. The Morgan fingerprint density at radius 2 is 1.71 bits per heavy atom. The van der Waals surface area contributed by atoms with Crippen molar-refractivity contribution >= 4 is 29.7 Å². The predicted molar refractivity (Wildman–Crippen MR) is 154 cm³/mol. The zero-order chi connectivity index (χ0) is 26.5. The zero-order valence-corrected chi connectivity index (χ0v) is 22.8. The van der Waals surface area contributed by atoms with Crippen LogP contribution in [0.15, 0.2) is 77.7 Å². The van der Waals surface area contributed by atoms with Crippen LogP contribution in [-0.4, -0.2) is 35.1 Å². The number of aryl methyl sites for hydroxylation is 1. The van der Waals surface area contributed by atoms with Gasteiger partial charge < -0.3 is 15.0 Å². The van der Waals surface area contributed by atoms with E-state index in [2.05, 4.69) is 35.3 Å². The number of hydrogen-bond donors (Lipinski definition) is 1. The molecule has 6 heteroatoms. The Bertz CT molecular complexity index is 1330. The fraction of sp³-hybridized carbons (Fsp3) is 0.312. The van der Waals surface area contributed by atoms with Gasteiger partial charge in [0.25, 0.3) is 11.8 Å². The second-order valence-electron chi connectivity index (χ2n) is 9.99. The Morgan fingerprint density at radius 1 is 1.00 bits per heavy atom. The van der Waals surface area contributed by atoms with E-state index in [1.807, 2.05) is 60.7 Å². The van der Waals surface area contributed by atoms with Crippen molar-refractivity contribution in [2.45, 2.75) is 57.0 Å². The van der Waals surface area contributed by atoms with Crippen molar-refractivity contribution in [3.63, 3.8) is 0 Å². The highest BCUT2D eigenvalue weighted by atomic mass is 32.2. The third kappa shape index (κ3) is 5.81. The second kappa shape index (κ2) is 11.9. The molecular formula is C32H34N2O3S. The Hall–Kier alpha value is -3.51. The fourth-order valence-electron chi connectivity index (χ4n) is 5.34. The molecule has 1 saturated carbocycles. The molecule has 1 saturated heterocycles. The van der Waals surface area contributed by atoms with E-state index in [1.54, 1.807) is 18.9 Å². The van der Waals surface area contributed by atoms with Crippen molar-refractivity contribution in [1.82, 2.24) is 10.2 Å². The molecule has 38 heavy (non-hydrogen) atoms. The Labute approximate surface area is 229 Å². The van der Waals surface area contributed by atoms with Gasteiger partial charge in [-0.15, -0.1) is 11.8 Å². The highest BCUT2D eigenvalue weighted by molar-refractivity contribution is 8.04. The zero-order valence-electron chi connectivity index (χ0n) is 22.0. The van der Waals surface area contributed by atoms with Crippen LogP contribution in [0.5, 0.6) is 5.75 Å². The monoisotopic (exact) mass is 526 g/mol. The summed E-state index contributed by atoms with van der Waals surface area (Å²) in [6.07, 6.45) is 6.58. The topological polar surface area (TPSA) is 58.6 Å². The highest BCUT2D eigenvalue weighted by Gasteiger charge is 2.40. The van der Waals surface area contributed by atoms with Gasteiger partial charge in [0.15, 0.2) is 0 Å². The van der Waals surface area contributed by atoms with Crippen molar-refractivity contribution in [1.29, 1.82) is 0 Å². The number of benzene rings is 3. The molecule has 2 aliphatic rings. The first kappa shape index (κ1) is 26.1. The molecular weight excluding hydrogens is 492 g/mol. The number of hydrogen-bond acceptors (Lipinski definition) is 4. The van der Waals surface area contributed by atoms with Gasteiger partial charge in [-0.05, 0) is 60.7 Å². The fourth-order valence-corrected chi connectivity index (χ4v) is 6.81. The number of nitrogens with one attached hydrogen (secondary N) is 1. The summed E-state index contributed by atoms with van der Waals surface area (Å²) in [5.74, 6) is 0.716. The van der Waals surface area contributed by atoms with Crippen LogP contribution >= 0.6 is 11.8 Å². The molecule has 5 rings (SSSR count). The SMILES string of the molecule is COc1ccccc1CNC(=O)c1ccc(/C=C2/SC3CCCCC3N(Cc3ccccc3C)C2=O)cc1. The Morgan fingerprint density at radius 3 is 2.47 bits per heavy atom. The molecule has 196 valence electrons. The number of amides is 2. The minimum Gasteiger partial charge on any atom is -0.496 e. The van der Waals surface area contributed by atoms with Crippen LogP contribution in [0.4, 0.5) is 0 Å². The maximum Gasteiger partial charge on any atom is 0.260 e. The van der Waals surface area contributed by atoms with Crippen LogP contribution in [0.3, 0.4) is 0 Å². The minimum atomic E-state index is -0.146. The van der Waals surface area contributed by atoms with E-state index in [-0.39, 0.29) is 17.9 Å². The van der Waals surface area contributed by atoms with E-state index < -0.39 is 0 Å². The normalized spacial score (nSPS) is 20.2. The first-order chi connectivity index (χ1) is 18.5. The largest absolute Gasteiger partial charge is 0.496 e. The van der Waals surface area contributed by atoms with E-state index in [1.165, 1.54) is 24.0 Å². The number of rotatable bonds is 7. The lowest BCUT2D eigenvalue weighted by Crippen LogP contribution is -2.50. The molecule has 1 aliphatic heterocycles. The number of thioether (sulfide) groups is 1. The summed E-state index contributed by atoms with van der Waals surface area (Å²) in [7, 11) is 1.62. The number of nitrogens with zero attached hydrogens (tertiary/aromatic N) is 1. The molecule has 0 aromatic heterocycles. The second-order valence-corrected chi connectivity index (χ2v) is 11.3. The molecule has 1 heterocycles. The molecule has 2 amide bonds. The van der Waals surface area contributed by atoms with Crippen LogP contribution in [0.1, 0.15) is 58.3 Å². The molecule has 0 radical (unpaired) electrons. The number of para-hydroxylation sites is 1. The molecule has 1 N–H and O–H groups in total. The van der Waals surface area contributed by atoms with Crippen LogP contribution < -0.4 is 10.1 Å². The van der Waals surface area contributed by atoms with Crippen LogP contribution in [0.25, 0.3) is 6.08 Å². The van der Waals surface area contributed by atoms with Gasteiger partial charge >= 0.3 is 0 Å². The quantitative estimate of drug-likeness (QED) is 0.364. The first-order valence-electron chi connectivity index (χ1n) is 13.3. The number of carbonyl (C=O) groups excluding carboxylic acids is 2. The lowest BCUT2D eigenvalue weighted by atomic mass is 9.92. The third-order valence-electron chi connectivity index (χ3n) is 7.52. The van der Waals surface area contributed by atoms with E-state index in [9.17, 15) is 9.59 Å². The number of ether oxygens (including phenoxy) is 1. The molecule has 3 aromatic carbocycles. The summed E-state index contributed by atoms with van der Waals surface area (Å²) in [6, 6.07) is 23.7. The van der Waals surface area contributed by atoms with Gasteiger partial charge in [-0.1, -0.05) is 67.4 Å². The summed E-state index contributed by atoms with van der Waals surface area (Å²) in [5, 5.41) is 3.39. The van der Waals surface area contributed by atoms with E-state index in [0.717, 1.165) is 34.6 Å². The molecule has 1 aliphatic carbocycles. The van der Waals surface area contributed by atoms with Gasteiger partial charge in [0.05, 0.1) is 12.0 Å². The number of methoxy groups -OCH3 is 1. The van der Waals surface area contributed by atoms with Gasteiger partial charge in [0, 0.05) is 35.5 Å². The van der Waals surface area contributed by atoms with Crippen molar-refractivity contribution in [2.24, 2.45) is 0 Å². The molecule has 0 bridgehead atoms. The summed E-state index contributed by atoms with van der Waals surface area (Å²) >= 11 is 1.74. The molecule has 2 fully saturated rings. The number of carbonyl (C=O) groups is 2. The minimum absolute atomic E-state index is 0.111. The van der Waals surface area contributed by atoms with Crippen molar-refractivity contribution in [3.05, 3.63) is 106 Å². The summed E-state index contributed by atoms with van der Waals surface area (Å²) in [5.41, 5.74) is 4.86. The summed E-state index contributed by atoms with van der Waals surface area (Å²) in [4.78, 5) is 29.3. The predicted octanol–water partition coefficient (Wildman–Crippen LogP) is 6.36. The van der Waals surface area contributed by atoms with E-state index >= 15 is 0 Å². The Balaban J connectivity index is 1.30. The molecule has 5 nitrogen and oxygen atoms in total. The van der Waals surface area contributed by atoms with Crippen LogP contribution in [-0.2, 0) is 17.9 Å². The maximum atomic E-state index is 13.7. The Kier molecular flexibility index (Phi) is 8.18. The highest BCUT2D eigenvalue weighted by Crippen LogP contribution is 2.42. The lowest BCUT2D eigenvalue weighted by molar-refractivity contribution is -0.130. The smallest absolute Gasteiger partial charge is 0.260 e. The van der Waals surface area contributed by atoms with Gasteiger partial charge in [0.2, 0.25) is 0 Å². The average molecular weight is 527 g/mol. The van der Waals surface area contributed by atoms with Crippen molar-refractivity contribution in [3.8, 4) is 5.75 Å². The third-order valence-corrected chi connectivity index (χ3v) is 8.92. The van der Waals surface area contributed by atoms with E-state index in [4.69, 9.17) is 4.74 Å². The summed E-state index contributed by atoms with van der Waals surface area (Å²) < 4.78 is 5.37. The van der Waals surface area contributed by atoms with E-state index in [0.29, 0.717) is 23.9 Å².